The molecule has 2 aromatic heterocycles. The Kier molecular flexibility index (Phi) is 6.25. The van der Waals surface area contributed by atoms with Gasteiger partial charge in [0.05, 0.1) is 29.6 Å². The molecular formula is C26H30Cl2N6O2. The molecule has 2 saturated heterocycles. The topological polar surface area (TPSA) is 82.8 Å². The van der Waals surface area contributed by atoms with E-state index < -0.39 is 0 Å². The van der Waals surface area contributed by atoms with E-state index in [4.69, 9.17) is 11.6 Å². The Balaban J connectivity index is 0.00000267. The summed E-state index contributed by atoms with van der Waals surface area (Å²) in [6, 6.07) is 8.35. The van der Waals surface area contributed by atoms with Crippen molar-refractivity contribution in [3.05, 3.63) is 47.4 Å². The lowest BCUT2D eigenvalue weighted by atomic mass is 10.0. The van der Waals surface area contributed by atoms with Gasteiger partial charge in [-0.15, -0.1) is 12.4 Å². The maximum atomic E-state index is 12.8. The number of likely N-dealkylation sites (tertiary alicyclic amines) is 1. The van der Waals surface area contributed by atoms with Crippen molar-refractivity contribution in [2.75, 3.05) is 25.0 Å². The maximum absolute atomic E-state index is 12.8. The fraction of sp³-hybridized carbons (Fsp3) is 0.462. The summed E-state index contributed by atoms with van der Waals surface area (Å²) < 4.78 is 1.77. The number of hydrogen-bond donors (Lipinski definition) is 1. The summed E-state index contributed by atoms with van der Waals surface area (Å²) >= 11 is 6.44. The molecule has 8 nitrogen and oxygen atoms in total. The van der Waals surface area contributed by atoms with E-state index in [0.29, 0.717) is 11.1 Å². The van der Waals surface area contributed by atoms with Gasteiger partial charge < -0.3 is 10.2 Å². The van der Waals surface area contributed by atoms with Crippen molar-refractivity contribution in [1.82, 2.24) is 24.8 Å². The van der Waals surface area contributed by atoms with E-state index >= 15 is 0 Å². The lowest BCUT2D eigenvalue weighted by Crippen LogP contribution is -2.44. The average molecular weight is 529 g/mol. The standard InChI is InChI=1S/C26H29ClN6O2.ClH/c1-26(2)21-22(26)25(35)32(24(21)34)11-15-9-20-23(29-14-30-33(20)12-15)18-10-16(27)6-7-19(18)31-8-4-5-17(13-31)28-3;/h6-7,9-10,12,14,17,21-22,28H,4-5,8,11,13H2,1-3H3;1H/t17-,21?,22?;/m0./s1. The lowest BCUT2D eigenvalue weighted by Gasteiger charge is -2.35. The van der Waals surface area contributed by atoms with Crippen LogP contribution in [0.15, 0.2) is 36.8 Å². The fourth-order valence-electron chi connectivity index (χ4n) is 6.02. The van der Waals surface area contributed by atoms with Crippen LogP contribution in [0.2, 0.25) is 5.02 Å². The van der Waals surface area contributed by atoms with Gasteiger partial charge in [-0.3, -0.25) is 14.5 Å². The summed E-state index contributed by atoms with van der Waals surface area (Å²) in [4.78, 5) is 34.1. The number of amides is 2. The molecule has 10 heteroatoms. The third-order valence-corrected chi connectivity index (χ3v) is 8.31. The van der Waals surface area contributed by atoms with Gasteiger partial charge in [0.2, 0.25) is 11.8 Å². The molecule has 3 aliphatic rings. The smallest absolute Gasteiger partial charge is 0.233 e. The molecule has 2 aliphatic heterocycles. The molecule has 1 N–H and O–H groups in total. The average Bonchev–Trinajstić information content (AvgIpc) is 3.10. The molecule has 2 unspecified atom stereocenters. The van der Waals surface area contributed by atoms with Gasteiger partial charge in [0.25, 0.3) is 0 Å². The van der Waals surface area contributed by atoms with E-state index in [1.54, 1.807) is 4.52 Å². The summed E-state index contributed by atoms with van der Waals surface area (Å²) in [7, 11) is 2.01. The van der Waals surface area contributed by atoms with Gasteiger partial charge in [-0.2, -0.15) is 5.10 Å². The number of imide groups is 1. The Morgan fingerprint density at radius 1 is 1.17 bits per heavy atom. The number of piperidine rings is 2. The van der Waals surface area contributed by atoms with Crippen LogP contribution in [0.3, 0.4) is 0 Å². The quantitative estimate of drug-likeness (QED) is 0.507. The highest BCUT2D eigenvalue weighted by atomic mass is 35.5. The molecular weight excluding hydrogens is 499 g/mol. The minimum Gasteiger partial charge on any atom is -0.369 e. The zero-order valence-electron chi connectivity index (χ0n) is 20.6. The molecule has 3 aromatic rings. The van der Waals surface area contributed by atoms with Gasteiger partial charge in [0.1, 0.15) is 6.33 Å². The molecule has 190 valence electrons. The second-order valence-corrected chi connectivity index (χ2v) is 11.0. The second-order valence-electron chi connectivity index (χ2n) is 10.6. The Hall–Kier alpha value is -2.68. The number of rotatable bonds is 5. The van der Waals surface area contributed by atoms with Gasteiger partial charge in [-0.25, -0.2) is 9.50 Å². The van der Waals surface area contributed by atoms with Crippen LogP contribution >= 0.6 is 24.0 Å². The first-order chi connectivity index (χ1) is 16.8. The van der Waals surface area contributed by atoms with Crippen LogP contribution in [-0.2, 0) is 16.1 Å². The minimum atomic E-state index is -0.210. The van der Waals surface area contributed by atoms with Crippen LogP contribution in [0.5, 0.6) is 0 Å². The molecule has 0 spiro atoms. The number of anilines is 1. The van der Waals surface area contributed by atoms with Crippen molar-refractivity contribution < 1.29 is 9.59 Å². The maximum Gasteiger partial charge on any atom is 0.233 e. The third kappa shape index (κ3) is 3.86. The van der Waals surface area contributed by atoms with Crippen molar-refractivity contribution in [1.29, 1.82) is 0 Å². The first kappa shape index (κ1) is 25.0. The number of nitrogens with one attached hydrogen (secondary N) is 1. The summed E-state index contributed by atoms with van der Waals surface area (Å²) in [5, 5.41) is 8.44. The Morgan fingerprint density at radius 3 is 2.64 bits per heavy atom. The molecule has 1 aromatic carbocycles. The first-order valence-corrected chi connectivity index (χ1v) is 12.6. The number of carbonyl (C=O) groups is 2. The number of carbonyl (C=O) groups excluding carboxylic acids is 2. The van der Waals surface area contributed by atoms with E-state index in [-0.39, 0.29) is 48.0 Å². The molecule has 3 atom stereocenters. The van der Waals surface area contributed by atoms with Crippen molar-refractivity contribution in [3.8, 4) is 11.3 Å². The second kappa shape index (κ2) is 9.01. The minimum absolute atomic E-state index is 0. The van der Waals surface area contributed by atoms with Crippen LogP contribution in [0, 0.1) is 17.3 Å². The highest BCUT2D eigenvalue weighted by molar-refractivity contribution is 6.31. The van der Waals surface area contributed by atoms with Crippen molar-refractivity contribution >= 4 is 47.0 Å². The fourth-order valence-corrected chi connectivity index (χ4v) is 6.20. The molecule has 1 aliphatic carbocycles. The summed E-state index contributed by atoms with van der Waals surface area (Å²) in [6.45, 7) is 6.12. The SMILES string of the molecule is CN[C@H]1CCCN(c2ccc(Cl)cc2-c2ncnn3cc(CN4C(=O)C5C(C4=O)C5(C)C)cc23)C1.Cl. The number of halogens is 2. The highest BCUT2D eigenvalue weighted by Crippen LogP contribution is 2.63. The number of benzene rings is 1. The molecule has 4 heterocycles. The summed E-state index contributed by atoms with van der Waals surface area (Å²) in [6.07, 6.45) is 5.67. The van der Waals surface area contributed by atoms with Crippen molar-refractivity contribution in [2.45, 2.75) is 39.3 Å². The molecule has 3 fully saturated rings. The lowest BCUT2D eigenvalue weighted by molar-refractivity contribution is -0.143. The van der Waals surface area contributed by atoms with Gasteiger partial charge in [-0.1, -0.05) is 25.4 Å². The third-order valence-electron chi connectivity index (χ3n) is 8.08. The number of hydrogen-bond acceptors (Lipinski definition) is 6. The van der Waals surface area contributed by atoms with E-state index in [2.05, 4.69) is 26.4 Å². The van der Waals surface area contributed by atoms with Crippen LogP contribution in [-0.4, -0.2) is 57.5 Å². The zero-order chi connectivity index (χ0) is 24.5. The van der Waals surface area contributed by atoms with Crippen LogP contribution in [0.4, 0.5) is 5.69 Å². The number of nitrogens with zero attached hydrogens (tertiary/aromatic N) is 5. The van der Waals surface area contributed by atoms with E-state index in [9.17, 15) is 9.59 Å². The van der Waals surface area contributed by atoms with E-state index in [1.807, 2.05) is 45.3 Å². The molecule has 6 rings (SSSR count). The van der Waals surface area contributed by atoms with Crippen LogP contribution in [0.25, 0.3) is 16.8 Å². The molecule has 0 bridgehead atoms. The molecule has 0 radical (unpaired) electrons. The number of aromatic nitrogens is 3. The predicted octanol–water partition coefficient (Wildman–Crippen LogP) is 3.80. The van der Waals surface area contributed by atoms with E-state index in [0.717, 1.165) is 54.0 Å². The van der Waals surface area contributed by atoms with Gasteiger partial charge >= 0.3 is 0 Å². The first-order valence-electron chi connectivity index (χ1n) is 12.2. The van der Waals surface area contributed by atoms with Crippen LogP contribution in [0.1, 0.15) is 32.3 Å². The van der Waals surface area contributed by atoms with Crippen molar-refractivity contribution in [2.24, 2.45) is 17.3 Å². The zero-order valence-corrected chi connectivity index (χ0v) is 22.1. The summed E-state index contributed by atoms with van der Waals surface area (Å²) in [5.74, 6) is -0.481. The van der Waals surface area contributed by atoms with Gasteiger partial charge in [0, 0.05) is 41.6 Å². The highest BCUT2D eigenvalue weighted by Gasteiger charge is 2.72. The number of likely N-dealkylation sites (N-methyl/N-ethyl adjacent to an activating group) is 1. The number of fused-ring (bicyclic) bond motifs is 2. The predicted molar refractivity (Wildman–Crippen MR) is 141 cm³/mol. The van der Waals surface area contributed by atoms with Gasteiger partial charge in [0.15, 0.2) is 0 Å². The normalized spacial score (nSPS) is 24.7. The Labute approximate surface area is 221 Å². The van der Waals surface area contributed by atoms with Crippen molar-refractivity contribution in [3.63, 3.8) is 0 Å². The largest absolute Gasteiger partial charge is 0.369 e. The van der Waals surface area contributed by atoms with Crippen LogP contribution < -0.4 is 10.2 Å². The summed E-state index contributed by atoms with van der Waals surface area (Å²) in [5.41, 5.74) is 4.27. The molecule has 36 heavy (non-hydrogen) atoms. The van der Waals surface area contributed by atoms with Gasteiger partial charge in [-0.05, 0) is 55.1 Å². The Bertz CT molecular complexity index is 1330. The molecule has 2 amide bonds. The van der Waals surface area contributed by atoms with E-state index in [1.165, 1.54) is 11.2 Å². The Morgan fingerprint density at radius 2 is 1.92 bits per heavy atom. The monoisotopic (exact) mass is 528 g/mol. The molecule has 1 saturated carbocycles.